The zero-order chi connectivity index (χ0) is 13.9. The monoisotopic (exact) mass is 270 g/mol. The molecule has 0 amide bonds. The van der Waals surface area contributed by atoms with Gasteiger partial charge in [-0.15, -0.1) is 0 Å². The van der Waals surface area contributed by atoms with Crippen LogP contribution in [0.15, 0.2) is 0 Å². The zero-order valence-corrected chi connectivity index (χ0v) is 12.4. The average Bonchev–Trinajstić information content (AvgIpc) is 2.47. The molecule has 0 aromatic heterocycles. The fourth-order valence-corrected chi connectivity index (χ4v) is 4.22. The number of rotatable bonds is 4. The highest BCUT2D eigenvalue weighted by atomic mass is 16.6. The summed E-state index contributed by atoms with van der Waals surface area (Å²) in [7, 11) is 0. The molecule has 0 saturated heterocycles. The number of hydrogen-bond donors (Lipinski definition) is 2. The molecular weight excluding hydrogens is 240 g/mol. The van der Waals surface area contributed by atoms with Gasteiger partial charge in [-0.05, 0) is 68.6 Å². The Labute approximate surface area is 117 Å². The van der Waals surface area contributed by atoms with Crippen molar-refractivity contribution in [3.63, 3.8) is 0 Å². The molecule has 2 fully saturated rings. The molecule has 0 heterocycles. The Morgan fingerprint density at radius 3 is 1.26 bits per heavy atom. The normalized spacial score (nSPS) is 37.3. The molecule has 4 nitrogen and oxygen atoms in total. The lowest BCUT2D eigenvalue weighted by molar-refractivity contribution is -0.0363. The Hall–Kier alpha value is -0.160. The van der Waals surface area contributed by atoms with Crippen LogP contribution >= 0.6 is 0 Å². The molecule has 2 aliphatic rings. The van der Waals surface area contributed by atoms with E-state index in [1.807, 2.05) is 0 Å². The second kappa shape index (κ2) is 6.53. The Morgan fingerprint density at radius 2 is 1.00 bits per heavy atom. The predicted octanol–water partition coefficient (Wildman–Crippen LogP) is 2.91. The Morgan fingerprint density at radius 1 is 0.684 bits per heavy atom. The molecule has 0 spiro atoms. The van der Waals surface area contributed by atoms with Gasteiger partial charge in [0.15, 0.2) is 0 Å². The van der Waals surface area contributed by atoms with Crippen molar-refractivity contribution in [1.29, 1.82) is 0 Å². The summed E-state index contributed by atoms with van der Waals surface area (Å²) in [5.74, 6) is 12.2. The Balaban J connectivity index is 1.88. The lowest BCUT2D eigenvalue weighted by Crippen LogP contribution is -2.39. The standard InChI is InChI=1S/C15H30N2O2/c1-15(2,11-3-7-13(18-16)8-4-11)12-5-9-14(19-17)10-6-12/h11-14H,3-10,16-17H2,1-2H3. The molecule has 4 N–H and O–H groups in total. The zero-order valence-electron chi connectivity index (χ0n) is 12.4. The molecule has 112 valence electrons. The van der Waals surface area contributed by atoms with E-state index >= 15 is 0 Å². The minimum absolute atomic E-state index is 0.286. The number of hydrogen-bond acceptors (Lipinski definition) is 4. The molecule has 2 rings (SSSR count). The van der Waals surface area contributed by atoms with E-state index in [0.29, 0.717) is 5.41 Å². The first-order chi connectivity index (χ1) is 9.07. The molecule has 0 bridgehead atoms. The van der Waals surface area contributed by atoms with Gasteiger partial charge in [0.1, 0.15) is 0 Å². The Bertz CT molecular complexity index is 241. The van der Waals surface area contributed by atoms with Crippen molar-refractivity contribution in [3.8, 4) is 0 Å². The van der Waals surface area contributed by atoms with Crippen LogP contribution in [0.4, 0.5) is 0 Å². The minimum Gasteiger partial charge on any atom is -0.301 e. The molecule has 19 heavy (non-hydrogen) atoms. The van der Waals surface area contributed by atoms with Crippen molar-refractivity contribution in [2.24, 2.45) is 29.0 Å². The fourth-order valence-electron chi connectivity index (χ4n) is 4.22. The second-order valence-corrected chi connectivity index (χ2v) is 7.04. The van der Waals surface area contributed by atoms with Gasteiger partial charge in [0.2, 0.25) is 0 Å². The maximum absolute atomic E-state index is 5.31. The molecule has 0 atom stereocenters. The molecule has 2 saturated carbocycles. The average molecular weight is 270 g/mol. The largest absolute Gasteiger partial charge is 0.301 e. The van der Waals surface area contributed by atoms with Crippen LogP contribution in [0.1, 0.15) is 65.2 Å². The molecule has 4 heteroatoms. The summed E-state index contributed by atoms with van der Waals surface area (Å²) in [6.45, 7) is 4.91. The van der Waals surface area contributed by atoms with Crippen molar-refractivity contribution in [2.45, 2.75) is 77.4 Å². The van der Waals surface area contributed by atoms with Crippen molar-refractivity contribution in [2.75, 3.05) is 0 Å². The summed E-state index contributed by atoms with van der Waals surface area (Å²) in [6.07, 6.45) is 10.0. The third kappa shape index (κ3) is 3.48. The quantitative estimate of drug-likeness (QED) is 0.771. The highest BCUT2D eigenvalue weighted by Gasteiger charge is 2.40. The van der Waals surface area contributed by atoms with Gasteiger partial charge in [-0.2, -0.15) is 0 Å². The van der Waals surface area contributed by atoms with Crippen LogP contribution in [0.2, 0.25) is 0 Å². The second-order valence-electron chi connectivity index (χ2n) is 7.04. The van der Waals surface area contributed by atoms with Crippen molar-refractivity contribution < 1.29 is 9.68 Å². The molecule has 2 aliphatic carbocycles. The third-order valence-corrected chi connectivity index (χ3v) is 5.84. The van der Waals surface area contributed by atoms with Gasteiger partial charge in [-0.3, -0.25) is 0 Å². The molecule has 0 aliphatic heterocycles. The van der Waals surface area contributed by atoms with Crippen molar-refractivity contribution in [3.05, 3.63) is 0 Å². The van der Waals surface area contributed by atoms with Gasteiger partial charge in [-0.25, -0.2) is 11.8 Å². The Kier molecular flexibility index (Phi) is 5.23. The van der Waals surface area contributed by atoms with E-state index in [1.165, 1.54) is 25.7 Å². The number of nitrogens with two attached hydrogens (primary N) is 2. The first kappa shape index (κ1) is 15.2. The maximum atomic E-state index is 5.31. The molecule has 0 aromatic rings. The van der Waals surface area contributed by atoms with E-state index in [9.17, 15) is 0 Å². The van der Waals surface area contributed by atoms with E-state index in [0.717, 1.165) is 37.5 Å². The van der Waals surface area contributed by atoms with Gasteiger partial charge in [0.05, 0.1) is 12.2 Å². The van der Waals surface area contributed by atoms with Crippen LogP contribution in [-0.2, 0) is 9.68 Å². The van der Waals surface area contributed by atoms with Gasteiger partial charge in [0.25, 0.3) is 0 Å². The van der Waals surface area contributed by atoms with E-state index in [1.54, 1.807) is 0 Å². The van der Waals surface area contributed by atoms with Crippen LogP contribution in [0.5, 0.6) is 0 Å². The van der Waals surface area contributed by atoms with Crippen LogP contribution < -0.4 is 11.8 Å². The van der Waals surface area contributed by atoms with Gasteiger partial charge >= 0.3 is 0 Å². The van der Waals surface area contributed by atoms with Gasteiger partial charge in [0, 0.05) is 0 Å². The van der Waals surface area contributed by atoms with E-state index in [4.69, 9.17) is 21.5 Å². The van der Waals surface area contributed by atoms with Gasteiger partial charge in [-0.1, -0.05) is 13.8 Å². The summed E-state index contributed by atoms with van der Waals surface area (Å²) in [5.41, 5.74) is 0.416. The highest BCUT2D eigenvalue weighted by Crippen LogP contribution is 2.48. The van der Waals surface area contributed by atoms with E-state index in [2.05, 4.69) is 13.8 Å². The highest BCUT2D eigenvalue weighted by molar-refractivity contribution is 4.90. The van der Waals surface area contributed by atoms with Crippen LogP contribution in [0.25, 0.3) is 0 Å². The first-order valence-electron chi connectivity index (χ1n) is 7.79. The summed E-state index contributed by atoms with van der Waals surface area (Å²) >= 11 is 0. The maximum Gasteiger partial charge on any atom is 0.0787 e. The van der Waals surface area contributed by atoms with Crippen LogP contribution in [0.3, 0.4) is 0 Å². The summed E-state index contributed by atoms with van der Waals surface area (Å²) in [5, 5.41) is 0. The molecule has 0 radical (unpaired) electrons. The van der Waals surface area contributed by atoms with Gasteiger partial charge < -0.3 is 9.68 Å². The molecule has 0 unspecified atom stereocenters. The third-order valence-electron chi connectivity index (χ3n) is 5.84. The van der Waals surface area contributed by atoms with Crippen LogP contribution in [-0.4, -0.2) is 12.2 Å². The van der Waals surface area contributed by atoms with Crippen LogP contribution in [0, 0.1) is 17.3 Å². The minimum atomic E-state index is 0.286. The molecular formula is C15H30N2O2. The summed E-state index contributed by atoms with van der Waals surface area (Å²) < 4.78 is 0. The lowest BCUT2D eigenvalue weighted by Gasteiger charge is -2.46. The smallest absolute Gasteiger partial charge is 0.0787 e. The first-order valence-corrected chi connectivity index (χ1v) is 7.79. The molecule has 0 aromatic carbocycles. The van der Waals surface area contributed by atoms with E-state index < -0.39 is 0 Å². The van der Waals surface area contributed by atoms with Crippen molar-refractivity contribution >= 4 is 0 Å². The van der Waals surface area contributed by atoms with E-state index in [-0.39, 0.29) is 12.2 Å². The SMILES string of the molecule is CC(C)(C1CCC(ON)CC1)C1CCC(ON)CC1. The topological polar surface area (TPSA) is 70.5 Å². The summed E-state index contributed by atoms with van der Waals surface area (Å²) in [6, 6.07) is 0. The lowest BCUT2D eigenvalue weighted by atomic mass is 9.60. The predicted molar refractivity (Wildman–Crippen MR) is 75.8 cm³/mol. The van der Waals surface area contributed by atoms with Crippen molar-refractivity contribution in [1.82, 2.24) is 0 Å². The fraction of sp³-hybridized carbons (Fsp3) is 1.00. The summed E-state index contributed by atoms with van der Waals surface area (Å²) in [4.78, 5) is 9.99.